The third-order valence-corrected chi connectivity index (χ3v) is 4.40. The standard InChI is InChI=1S/C19H23N3O3/c1-14(21-19(24)16-8-11-25-13-16)18(23)20-12-15-4-6-17(7-5-15)22-9-2-3-10-22/h4-8,11,13-14H,2-3,9-10,12H2,1H3,(H,20,23)(H,21,24)/t14-/m0/s1. The van der Waals surface area contributed by atoms with E-state index in [-0.39, 0.29) is 11.8 Å². The maximum atomic E-state index is 12.1. The van der Waals surface area contributed by atoms with Crippen molar-refractivity contribution < 1.29 is 14.0 Å². The van der Waals surface area contributed by atoms with Crippen LogP contribution < -0.4 is 15.5 Å². The highest BCUT2D eigenvalue weighted by Crippen LogP contribution is 2.20. The van der Waals surface area contributed by atoms with Crippen molar-refractivity contribution in [3.05, 3.63) is 54.0 Å². The molecule has 2 heterocycles. The third-order valence-electron chi connectivity index (χ3n) is 4.40. The summed E-state index contributed by atoms with van der Waals surface area (Å²) in [5.74, 6) is -0.549. The monoisotopic (exact) mass is 341 g/mol. The molecular formula is C19H23N3O3. The van der Waals surface area contributed by atoms with Crippen LogP contribution >= 0.6 is 0 Å². The number of furan rings is 1. The molecule has 2 N–H and O–H groups in total. The highest BCUT2D eigenvalue weighted by Gasteiger charge is 2.17. The predicted octanol–water partition coefficient (Wildman–Crippen LogP) is 2.31. The number of carbonyl (C=O) groups is 2. The highest BCUT2D eigenvalue weighted by molar-refractivity contribution is 5.97. The molecule has 0 unspecified atom stereocenters. The number of carbonyl (C=O) groups excluding carboxylic acids is 2. The second-order valence-corrected chi connectivity index (χ2v) is 6.29. The Labute approximate surface area is 147 Å². The molecule has 6 nitrogen and oxygen atoms in total. The number of benzene rings is 1. The maximum Gasteiger partial charge on any atom is 0.255 e. The van der Waals surface area contributed by atoms with Crippen molar-refractivity contribution in [1.82, 2.24) is 10.6 Å². The van der Waals surface area contributed by atoms with Crippen molar-refractivity contribution in [3.8, 4) is 0 Å². The van der Waals surface area contributed by atoms with Crippen LogP contribution in [0.1, 0.15) is 35.7 Å². The minimum atomic E-state index is -0.619. The van der Waals surface area contributed by atoms with E-state index in [2.05, 4.69) is 27.7 Å². The lowest BCUT2D eigenvalue weighted by Gasteiger charge is -2.18. The van der Waals surface area contributed by atoms with Gasteiger partial charge in [-0.2, -0.15) is 0 Å². The Morgan fingerprint density at radius 1 is 1.16 bits per heavy atom. The minimum absolute atomic E-state index is 0.222. The van der Waals surface area contributed by atoms with Crippen LogP contribution in [0.3, 0.4) is 0 Å². The highest BCUT2D eigenvalue weighted by atomic mass is 16.3. The summed E-state index contributed by atoms with van der Waals surface area (Å²) in [6, 6.07) is 9.19. The average molecular weight is 341 g/mol. The van der Waals surface area contributed by atoms with Crippen LogP contribution in [0.5, 0.6) is 0 Å². The van der Waals surface area contributed by atoms with Crippen LogP contribution in [0.2, 0.25) is 0 Å². The lowest BCUT2D eigenvalue weighted by molar-refractivity contribution is -0.122. The van der Waals surface area contributed by atoms with Gasteiger partial charge in [-0.3, -0.25) is 9.59 Å². The molecular weight excluding hydrogens is 318 g/mol. The van der Waals surface area contributed by atoms with Gasteiger partial charge in [-0.1, -0.05) is 12.1 Å². The summed E-state index contributed by atoms with van der Waals surface area (Å²) in [4.78, 5) is 26.4. The van der Waals surface area contributed by atoms with E-state index >= 15 is 0 Å². The first-order valence-electron chi connectivity index (χ1n) is 8.58. The molecule has 1 aliphatic heterocycles. The van der Waals surface area contributed by atoms with Gasteiger partial charge in [0.05, 0.1) is 11.8 Å². The van der Waals surface area contributed by atoms with Gasteiger partial charge in [0, 0.05) is 25.3 Å². The van der Waals surface area contributed by atoms with E-state index in [1.165, 1.54) is 31.1 Å². The summed E-state index contributed by atoms with van der Waals surface area (Å²) >= 11 is 0. The molecule has 2 amide bonds. The van der Waals surface area contributed by atoms with Crippen molar-refractivity contribution in [2.75, 3.05) is 18.0 Å². The van der Waals surface area contributed by atoms with Gasteiger partial charge in [-0.15, -0.1) is 0 Å². The Kier molecular flexibility index (Phi) is 5.38. The second-order valence-electron chi connectivity index (χ2n) is 6.29. The molecule has 1 aromatic heterocycles. The van der Waals surface area contributed by atoms with Crippen molar-refractivity contribution in [2.24, 2.45) is 0 Å². The molecule has 1 fully saturated rings. The van der Waals surface area contributed by atoms with Crippen LogP contribution in [0.25, 0.3) is 0 Å². The molecule has 1 aromatic carbocycles. The topological polar surface area (TPSA) is 74.6 Å². The Balaban J connectivity index is 1.47. The van der Waals surface area contributed by atoms with Crippen molar-refractivity contribution in [3.63, 3.8) is 0 Å². The van der Waals surface area contributed by atoms with Crippen molar-refractivity contribution in [2.45, 2.75) is 32.4 Å². The van der Waals surface area contributed by atoms with Crippen LogP contribution in [0.15, 0.2) is 47.3 Å². The molecule has 25 heavy (non-hydrogen) atoms. The number of hydrogen-bond donors (Lipinski definition) is 2. The summed E-state index contributed by atoms with van der Waals surface area (Å²) in [6.45, 7) is 4.32. The first-order valence-corrected chi connectivity index (χ1v) is 8.58. The fraction of sp³-hybridized carbons (Fsp3) is 0.368. The lowest BCUT2D eigenvalue weighted by Crippen LogP contribution is -2.44. The fourth-order valence-corrected chi connectivity index (χ4v) is 2.88. The number of nitrogens with one attached hydrogen (secondary N) is 2. The van der Waals surface area contributed by atoms with E-state index in [0.29, 0.717) is 12.1 Å². The van der Waals surface area contributed by atoms with Crippen molar-refractivity contribution in [1.29, 1.82) is 0 Å². The van der Waals surface area contributed by atoms with E-state index < -0.39 is 6.04 Å². The maximum absolute atomic E-state index is 12.1. The molecule has 1 saturated heterocycles. The van der Waals surface area contributed by atoms with Gasteiger partial charge in [0.2, 0.25) is 5.91 Å². The Morgan fingerprint density at radius 2 is 1.88 bits per heavy atom. The number of amides is 2. The van der Waals surface area contributed by atoms with Gasteiger partial charge in [0.1, 0.15) is 12.3 Å². The average Bonchev–Trinajstić information content (AvgIpc) is 3.33. The van der Waals surface area contributed by atoms with Crippen LogP contribution in [-0.2, 0) is 11.3 Å². The zero-order valence-electron chi connectivity index (χ0n) is 14.3. The first-order chi connectivity index (χ1) is 12.1. The zero-order chi connectivity index (χ0) is 17.6. The zero-order valence-corrected chi connectivity index (χ0v) is 14.3. The van der Waals surface area contributed by atoms with Gasteiger partial charge in [-0.05, 0) is 43.5 Å². The lowest BCUT2D eigenvalue weighted by atomic mass is 10.2. The molecule has 0 aliphatic carbocycles. The first kappa shape index (κ1) is 17.1. The van der Waals surface area contributed by atoms with Crippen LogP contribution in [0, 0.1) is 0 Å². The Bertz CT molecular complexity index is 704. The van der Waals surface area contributed by atoms with E-state index in [1.54, 1.807) is 13.0 Å². The second kappa shape index (κ2) is 7.88. The summed E-state index contributed by atoms with van der Waals surface area (Å²) < 4.78 is 4.86. The fourth-order valence-electron chi connectivity index (χ4n) is 2.88. The third kappa shape index (κ3) is 4.41. The molecule has 0 bridgehead atoms. The Morgan fingerprint density at radius 3 is 2.52 bits per heavy atom. The smallest absolute Gasteiger partial charge is 0.255 e. The summed E-state index contributed by atoms with van der Waals surface area (Å²) in [5.41, 5.74) is 2.66. The van der Waals surface area contributed by atoms with Gasteiger partial charge in [-0.25, -0.2) is 0 Å². The van der Waals surface area contributed by atoms with E-state index in [9.17, 15) is 9.59 Å². The van der Waals surface area contributed by atoms with Crippen LogP contribution in [-0.4, -0.2) is 30.9 Å². The van der Waals surface area contributed by atoms with Gasteiger partial charge in [0.15, 0.2) is 0 Å². The summed E-state index contributed by atoms with van der Waals surface area (Å²) in [6.07, 6.45) is 5.27. The molecule has 132 valence electrons. The molecule has 6 heteroatoms. The molecule has 0 radical (unpaired) electrons. The van der Waals surface area contributed by atoms with E-state index in [4.69, 9.17) is 4.42 Å². The SMILES string of the molecule is C[C@H](NC(=O)c1ccoc1)C(=O)NCc1ccc(N2CCCC2)cc1. The number of rotatable bonds is 6. The molecule has 3 rings (SSSR count). The minimum Gasteiger partial charge on any atom is -0.472 e. The quantitative estimate of drug-likeness (QED) is 0.845. The number of hydrogen-bond acceptors (Lipinski definition) is 4. The molecule has 0 saturated carbocycles. The summed E-state index contributed by atoms with van der Waals surface area (Å²) in [7, 11) is 0. The molecule has 1 aliphatic rings. The number of nitrogens with zero attached hydrogens (tertiary/aromatic N) is 1. The Hall–Kier alpha value is -2.76. The van der Waals surface area contributed by atoms with Gasteiger partial charge in [0.25, 0.3) is 5.91 Å². The normalized spacial score (nSPS) is 15.0. The molecule has 2 aromatic rings. The van der Waals surface area contributed by atoms with Gasteiger partial charge >= 0.3 is 0 Å². The van der Waals surface area contributed by atoms with Gasteiger partial charge < -0.3 is 20.0 Å². The van der Waals surface area contributed by atoms with Crippen LogP contribution in [0.4, 0.5) is 5.69 Å². The van der Waals surface area contributed by atoms with E-state index in [1.807, 2.05) is 12.1 Å². The largest absolute Gasteiger partial charge is 0.472 e. The number of anilines is 1. The van der Waals surface area contributed by atoms with Crippen molar-refractivity contribution >= 4 is 17.5 Å². The predicted molar refractivity (Wildman–Crippen MR) is 95.4 cm³/mol. The molecule has 0 spiro atoms. The molecule has 1 atom stereocenters. The summed E-state index contributed by atoms with van der Waals surface area (Å²) in [5, 5.41) is 5.49. The van der Waals surface area contributed by atoms with E-state index in [0.717, 1.165) is 18.7 Å².